The van der Waals surface area contributed by atoms with Crippen LogP contribution in [0.25, 0.3) is 0 Å². The smallest absolute Gasteiger partial charge is 0.254 e. The number of hydrogen-bond acceptors (Lipinski definition) is 5. The van der Waals surface area contributed by atoms with Crippen molar-refractivity contribution < 1.29 is 9.59 Å². The molecule has 0 aliphatic heterocycles. The molecule has 0 bridgehead atoms. The summed E-state index contributed by atoms with van der Waals surface area (Å²) in [6.45, 7) is 0. The lowest BCUT2D eigenvalue weighted by atomic mass is 9.77. The van der Waals surface area contributed by atoms with Crippen LogP contribution < -0.4 is 16.4 Å². The Bertz CT molecular complexity index is 1250. The van der Waals surface area contributed by atoms with E-state index in [1.54, 1.807) is 10.9 Å². The molecule has 0 spiro atoms. The van der Waals surface area contributed by atoms with E-state index >= 15 is 0 Å². The van der Waals surface area contributed by atoms with Gasteiger partial charge in [-0.25, -0.2) is 0 Å². The Hall–Kier alpha value is -3.96. The summed E-state index contributed by atoms with van der Waals surface area (Å²) < 4.78 is 1.71. The van der Waals surface area contributed by atoms with Gasteiger partial charge in [-0.1, -0.05) is 60.7 Å². The van der Waals surface area contributed by atoms with Crippen LogP contribution in [-0.4, -0.2) is 27.6 Å². The first-order valence-electron chi connectivity index (χ1n) is 12.9. The average molecular weight is 497 g/mol. The minimum Gasteiger partial charge on any atom is -0.365 e. The van der Waals surface area contributed by atoms with Gasteiger partial charge < -0.3 is 16.4 Å². The molecule has 2 amide bonds. The first-order chi connectivity index (χ1) is 18.0. The zero-order chi connectivity index (χ0) is 25.8. The standard InChI is InChI=1S/C29H32N6O2/c30-18-17-29(35-19-24(26(31)36)27(34-35)33-28(37)22-11-12-22)15-13-23(14-16-29)32-25(20-7-3-1-4-8-20)21-9-5-2-6-10-21/h1-10,19,22-23,25,32H,11-17H2,(H2,31,36)(H,33,34,37). The van der Waals surface area contributed by atoms with Crippen molar-refractivity contribution in [1.82, 2.24) is 15.1 Å². The van der Waals surface area contributed by atoms with Crippen LogP contribution in [-0.2, 0) is 10.3 Å². The Kier molecular flexibility index (Phi) is 7.06. The summed E-state index contributed by atoms with van der Waals surface area (Å²) in [7, 11) is 0. The van der Waals surface area contributed by atoms with Gasteiger partial charge in [-0.2, -0.15) is 10.4 Å². The van der Waals surface area contributed by atoms with Crippen LogP contribution >= 0.6 is 0 Å². The summed E-state index contributed by atoms with van der Waals surface area (Å²) in [5.74, 6) is -0.617. The van der Waals surface area contributed by atoms with Crippen molar-refractivity contribution in [2.45, 2.75) is 62.6 Å². The topological polar surface area (TPSA) is 126 Å². The van der Waals surface area contributed by atoms with Crippen LogP contribution in [0.1, 0.15) is 72.5 Å². The monoisotopic (exact) mass is 496 g/mol. The van der Waals surface area contributed by atoms with Gasteiger partial charge in [-0.15, -0.1) is 0 Å². The number of nitrogens with two attached hydrogens (primary N) is 1. The van der Waals surface area contributed by atoms with E-state index in [2.05, 4.69) is 70.3 Å². The molecular formula is C29H32N6O2. The fourth-order valence-electron chi connectivity index (χ4n) is 5.32. The molecule has 2 aliphatic carbocycles. The van der Waals surface area contributed by atoms with Gasteiger partial charge in [0.1, 0.15) is 5.56 Å². The lowest BCUT2D eigenvalue weighted by Crippen LogP contribution is -2.44. The molecule has 3 aromatic rings. The van der Waals surface area contributed by atoms with Crippen LogP contribution in [0, 0.1) is 17.2 Å². The predicted octanol–water partition coefficient (Wildman–Crippen LogP) is 4.26. The van der Waals surface area contributed by atoms with Crippen molar-refractivity contribution in [2.75, 3.05) is 5.32 Å². The molecule has 0 atom stereocenters. The fourth-order valence-corrected chi connectivity index (χ4v) is 5.32. The van der Waals surface area contributed by atoms with Gasteiger partial charge in [0, 0.05) is 18.2 Å². The quantitative estimate of drug-likeness (QED) is 0.408. The first-order valence-corrected chi connectivity index (χ1v) is 12.9. The molecule has 2 aliphatic rings. The Balaban J connectivity index is 1.35. The number of benzene rings is 2. The number of primary amides is 1. The third-order valence-electron chi connectivity index (χ3n) is 7.65. The predicted molar refractivity (Wildman–Crippen MR) is 140 cm³/mol. The Morgan fingerprint density at radius 2 is 1.62 bits per heavy atom. The highest BCUT2D eigenvalue weighted by atomic mass is 16.2. The number of nitrogens with zero attached hydrogens (tertiary/aromatic N) is 3. The molecular weight excluding hydrogens is 464 g/mol. The van der Waals surface area contributed by atoms with Crippen molar-refractivity contribution in [3.8, 4) is 6.07 Å². The highest BCUT2D eigenvalue weighted by Gasteiger charge is 2.40. The summed E-state index contributed by atoms with van der Waals surface area (Å²) in [5, 5.41) is 20.9. The van der Waals surface area contributed by atoms with Gasteiger partial charge >= 0.3 is 0 Å². The molecule has 8 heteroatoms. The van der Waals surface area contributed by atoms with Crippen molar-refractivity contribution >= 4 is 17.6 Å². The summed E-state index contributed by atoms with van der Waals surface area (Å²) >= 11 is 0. The van der Waals surface area contributed by atoms with Gasteiger partial charge in [-0.05, 0) is 49.7 Å². The number of rotatable bonds is 9. The Morgan fingerprint density at radius 3 is 2.14 bits per heavy atom. The van der Waals surface area contributed by atoms with Crippen molar-refractivity contribution in [1.29, 1.82) is 5.26 Å². The molecule has 2 fully saturated rings. The van der Waals surface area contributed by atoms with Crippen LogP contribution in [0.15, 0.2) is 66.9 Å². The van der Waals surface area contributed by atoms with Crippen LogP contribution in [0.5, 0.6) is 0 Å². The molecule has 1 aromatic heterocycles. The van der Waals surface area contributed by atoms with Crippen molar-refractivity contribution in [3.05, 3.63) is 83.6 Å². The molecule has 190 valence electrons. The van der Waals surface area contributed by atoms with Crippen LogP contribution in [0.3, 0.4) is 0 Å². The third kappa shape index (κ3) is 5.42. The average Bonchev–Trinajstić information content (AvgIpc) is 3.69. The summed E-state index contributed by atoms with van der Waals surface area (Å²) in [4.78, 5) is 24.5. The maximum atomic E-state index is 12.3. The molecule has 0 radical (unpaired) electrons. The van der Waals surface area contributed by atoms with Gasteiger partial charge in [-0.3, -0.25) is 14.3 Å². The maximum absolute atomic E-state index is 12.3. The SMILES string of the molecule is N#CCC1(n2cc(C(N)=O)c(NC(=O)C3CC3)n2)CCC(NC(c2ccccc2)c2ccccc2)CC1. The number of carbonyl (C=O) groups excluding carboxylic acids is 2. The molecule has 8 nitrogen and oxygen atoms in total. The summed E-state index contributed by atoms with van der Waals surface area (Å²) in [6, 6.07) is 23.5. The number of carbonyl (C=O) groups is 2. The van der Waals surface area contributed by atoms with Gasteiger partial charge in [0.05, 0.1) is 24.1 Å². The van der Waals surface area contributed by atoms with Gasteiger partial charge in [0.2, 0.25) is 5.91 Å². The van der Waals surface area contributed by atoms with E-state index in [0.717, 1.165) is 25.7 Å². The third-order valence-corrected chi connectivity index (χ3v) is 7.65. The van der Waals surface area contributed by atoms with E-state index in [-0.39, 0.29) is 41.7 Å². The number of anilines is 1. The van der Waals surface area contributed by atoms with Crippen molar-refractivity contribution in [2.24, 2.45) is 11.7 Å². The van der Waals surface area contributed by atoms with E-state index in [1.807, 2.05) is 12.1 Å². The fraction of sp³-hybridized carbons (Fsp3) is 0.379. The highest BCUT2D eigenvalue weighted by Crippen LogP contribution is 2.40. The zero-order valence-corrected chi connectivity index (χ0v) is 20.8. The minimum atomic E-state index is -0.645. The normalized spacial score (nSPS) is 21.4. The molecule has 5 rings (SSSR count). The second-order valence-electron chi connectivity index (χ2n) is 10.2. The van der Waals surface area contributed by atoms with E-state index in [0.29, 0.717) is 12.8 Å². The molecule has 1 heterocycles. The van der Waals surface area contributed by atoms with Crippen LogP contribution in [0.2, 0.25) is 0 Å². The summed E-state index contributed by atoms with van der Waals surface area (Å²) in [6.07, 6.45) is 6.66. The Labute approximate surface area is 216 Å². The number of nitrogens with one attached hydrogen (secondary N) is 2. The van der Waals surface area contributed by atoms with E-state index < -0.39 is 11.4 Å². The second-order valence-corrected chi connectivity index (χ2v) is 10.2. The first kappa shape index (κ1) is 24.7. The molecule has 2 saturated carbocycles. The number of hydrogen-bond donors (Lipinski definition) is 3. The molecule has 4 N–H and O–H groups in total. The molecule has 0 unspecified atom stereocenters. The van der Waals surface area contributed by atoms with E-state index in [9.17, 15) is 14.9 Å². The number of amides is 2. The molecule has 0 saturated heterocycles. The number of aromatic nitrogens is 2. The van der Waals surface area contributed by atoms with E-state index in [4.69, 9.17) is 5.73 Å². The zero-order valence-electron chi connectivity index (χ0n) is 20.8. The van der Waals surface area contributed by atoms with Gasteiger partial charge in [0.25, 0.3) is 5.91 Å². The molecule has 37 heavy (non-hydrogen) atoms. The molecule has 2 aromatic carbocycles. The maximum Gasteiger partial charge on any atom is 0.254 e. The lowest BCUT2D eigenvalue weighted by molar-refractivity contribution is -0.117. The largest absolute Gasteiger partial charge is 0.365 e. The number of nitriles is 1. The lowest BCUT2D eigenvalue weighted by Gasteiger charge is -2.40. The minimum absolute atomic E-state index is 0.0253. The summed E-state index contributed by atoms with van der Waals surface area (Å²) in [5.41, 5.74) is 7.64. The highest BCUT2D eigenvalue weighted by molar-refractivity contribution is 6.02. The van der Waals surface area contributed by atoms with Crippen molar-refractivity contribution in [3.63, 3.8) is 0 Å². The van der Waals surface area contributed by atoms with E-state index in [1.165, 1.54) is 11.1 Å². The van der Waals surface area contributed by atoms with Crippen LogP contribution in [0.4, 0.5) is 5.82 Å². The second kappa shape index (κ2) is 10.6. The van der Waals surface area contributed by atoms with Gasteiger partial charge in [0.15, 0.2) is 5.82 Å². The Morgan fingerprint density at radius 1 is 1.03 bits per heavy atom.